The Morgan fingerprint density at radius 1 is 1.00 bits per heavy atom. The number of benzene rings is 2. The van der Waals surface area contributed by atoms with Crippen LogP contribution in [0.2, 0.25) is 0 Å². The van der Waals surface area contributed by atoms with Crippen LogP contribution in [0.3, 0.4) is 0 Å². The second-order valence-electron chi connectivity index (χ2n) is 8.52. The molecule has 184 valence electrons. The molecule has 2 aliphatic rings. The molecule has 11 heteroatoms. The van der Waals surface area contributed by atoms with Crippen LogP contribution in [-0.2, 0) is 22.4 Å². The molecule has 0 aliphatic heterocycles. The molecule has 1 atom stereocenters. The van der Waals surface area contributed by atoms with Gasteiger partial charge in [0.25, 0.3) is 0 Å². The Kier molecular flexibility index (Phi) is 6.04. The summed E-state index contributed by atoms with van der Waals surface area (Å²) in [5, 5.41) is 26.3. The molecular weight excluding hydrogens is 469 g/mol. The van der Waals surface area contributed by atoms with E-state index in [0.29, 0.717) is 12.0 Å². The van der Waals surface area contributed by atoms with Crippen molar-refractivity contribution in [2.75, 3.05) is 18.4 Å². The smallest absolute Gasteiger partial charge is 0.471 e. The van der Waals surface area contributed by atoms with Crippen LogP contribution in [-0.4, -0.2) is 52.7 Å². The molecule has 8 nitrogen and oxygen atoms in total. The topological polar surface area (TPSA) is 133 Å². The van der Waals surface area contributed by atoms with Crippen molar-refractivity contribution in [1.82, 2.24) is 5.32 Å². The van der Waals surface area contributed by atoms with Crippen LogP contribution in [0.15, 0.2) is 18.2 Å². The van der Waals surface area contributed by atoms with Crippen molar-refractivity contribution in [3.63, 3.8) is 0 Å². The summed E-state index contributed by atoms with van der Waals surface area (Å²) < 4.78 is 37.0. The Hall–Kier alpha value is -3.89. The summed E-state index contributed by atoms with van der Waals surface area (Å²) in [6.07, 6.45) is -4.24. The van der Waals surface area contributed by atoms with Gasteiger partial charge in [0.1, 0.15) is 17.3 Å². The van der Waals surface area contributed by atoms with E-state index in [1.807, 2.05) is 0 Å². The summed E-state index contributed by atoms with van der Waals surface area (Å²) in [5.74, 6) is -4.86. The van der Waals surface area contributed by atoms with E-state index in [4.69, 9.17) is 0 Å². The van der Waals surface area contributed by atoms with Crippen molar-refractivity contribution in [1.29, 1.82) is 0 Å². The third-order valence-electron chi connectivity index (χ3n) is 6.40. The number of fused-ring (bicyclic) bond motifs is 3. The lowest BCUT2D eigenvalue weighted by molar-refractivity contribution is -0.173. The van der Waals surface area contributed by atoms with Gasteiger partial charge in [-0.1, -0.05) is 12.1 Å². The van der Waals surface area contributed by atoms with Crippen LogP contribution in [0.5, 0.6) is 11.5 Å². The van der Waals surface area contributed by atoms with Crippen LogP contribution in [0.25, 0.3) is 0 Å². The van der Waals surface area contributed by atoms with E-state index in [-0.39, 0.29) is 64.6 Å². The Balaban J connectivity index is 1.68. The number of hydrogen-bond acceptors (Lipinski definition) is 7. The number of alkyl halides is 3. The van der Waals surface area contributed by atoms with E-state index in [0.717, 1.165) is 0 Å². The summed E-state index contributed by atoms with van der Waals surface area (Å²) >= 11 is 0. The van der Waals surface area contributed by atoms with Crippen LogP contribution in [0, 0.1) is 5.92 Å². The number of aromatic hydroxyl groups is 2. The predicted molar refractivity (Wildman–Crippen MR) is 117 cm³/mol. The van der Waals surface area contributed by atoms with Crippen molar-refractivity contribution in [3.05, 3.63) is 51.6 Å². The van der Waals surface area contributed by atoms with E-state index in [2.05, 4.69) is 5.32 Å². The number of halogens is 3. The monoisotopic (exact) mass is 490 g/mol. The molecule has 1 unspecified atom stereocenters. The summed E-state index contributed by atoms with van der Waals surface area (Å²) in [7, 11) is 0. The molecule has 1 amide bonds. The molecule has 0 spiro atoms. The fourth-order valence-electron chi connectivity index (χ4n) is 4.64. The SMILES string of the molecule is CC(=O)C1CCc2c(O)c3c(c(O)c2C1)C(=O)c1cccc(NCCNC(=O)C(F)(F)F)c1C3=O. The van der Waals surface area contributed by atoms with Gasteiger partial charge < -0.3 is 20.8 Å². The lowest BCUT2D eigenvalue weighted by atomic mass is 9.75. The van der Waals surface area contributed by atoms with Gasteiger partial charge in [0.2, 0.25) is 0 Å². The van der Waals surface area contributed by atoms with Crippen LogP contribution < -0.4 is 10.6 Å². The number of carbonyl (C=O) groups is 4. The number of nitrogens with one attached hydrogen (secondary N) is 2. The van der Waals surface area contributed by atoms with Crippen molar-refractivity contribution >= 4 is 28.9 Å². The number of phenolic OH excluding ortho intramolecular Hbond substituents is 2. The third-order valence-corrected chi connectivity index (χ3v) is 6.40. The molecule has 4 N–H and O–H groups in total. The summed E-state index contributed by atoms with van der Waals surface area (Å²) in [6, 6.07) is 4.25. The zero-order valence-electron chi connectivity index (χ0n) is 18.5. The molecule has 2 aliphatic carbocycles. The van der Waals surface area contributed by atoms with Crippen LogP contribution >= 0.6 is 0 Å². The maximum absolute atomic E-state index is 13.4. The summed E-state index contributed by atoms with van der Waals surface area (Å²) in [4.78, 5) is 49.6. The van der Waals surface area contributed by atoms with Gasteiger partial charge in [0.15, 0.2) is 11.6 Å². The maximum atomic E-state index is 13.4. The average Bonchev–Trinajstić information content (AvgIpc) is 2.81. The van der Waals surface area contributed by atoms with Gasteiger partial charge in [0.05, 0.1) is 16.7 Å². The van der Waals surface area contributed by atoms with E-state index in [1.165, 1.54) is 25.1 Å². The Labute approximate surface area is 197 Å². The molecule has 0 radical (unpaired) electrons. The number of Topliss-reactive ketones (excluding diaryl/α,β-unsaturated/α-hetero) is 1. The number of ketones is 3. The van der Waals surface area contributed by atoms with E-state index >= 15 is 0 Å². The largest absolute Gasteiger partial charge is 0.507 e. The third kappa shape index (κ3) is 4.11. The first-order valence-corrected chi connectivity index (χ1v) is 10.8. The molecule has 0 fully saturated rings. The molecule has 0 heterocycles. The normalized spacial score (nSPS) is 16.7. The molecule has 2 aromatic carbocycles. The van der Waals surface area contributed by atoms with Crippen molar-refractivity contribution < 1.29 is 42.6 Å². The molecule has 0 saturated heterocycles. The maximum Gasteiger partial charge on any atom is 0.471 e. The fourth-order valence-corrected chi connectivity index (χ4v) is 4.64. The molecule has 2 aromatic rings. The lowest BCUT2D eigenvalue weighted by Gasteiger charge is -2.29. The Bertz CT molecular complexity index is 1290. The number of carbonyl (C=O) groups excluding carboxylic acids is 4. The zero-order chi connectivity index (χ0) is 25.7. The minimum absolute atomic E-state index is 0.0552. The summed E-state index contributed by atoms with van der Waals surface area (Å²) in [5.41, 5.74) is -0.131. The second kappa shape index (κ2) is 8.71. The van der Waals surface area contributed by atoms with Gasteiger partial charge in [-0.25, -0.2) is 0 Å². The molecular formula is C24H21F3N2O6. The highest BCUT2D eigenvalue weighted by atomic mass is 19.4. The van der Waals surface area contributed by atoms with Crippen LogP contribution in [0.1, 0.15) is 56.3 Å². The highest BCUT2D eigenvalue weighted by molar-refractivity contribution is 6.32. The minimum atomic E-state index is -5.03. The van der Waals surface area contributed by atoms with Gasteiger partial charge in [-0.05, 0) is 32.3 Å². The van der Waals surface area contributed by atoms with E-state index in [1.54, 1.807) is 5.32 Å². The molecule has 0 aromatic heterocycles. The first kappa shape index (κ1) is 24.2. The number of rotatable bonds is 5. The molecule has 4 rings (SSSR count). The van der Waals surface area contributed by atoms with E-state index < -0.39 is 41.7 Å². The quantitative estimate of drug-likeness (QED) is 0.319. The van der Waals surface area contributed by atoms with Gasteiger partial charge in [-0.15, -0.1) is 0 Å². The van der Waals surface area contributed by atoms with Gasteiger partial charge in [0, 0.05) is 41.4 Å². The van der Waals surface area contributed by atoms with Crippen molar-refractivity contribution in [2.45, 2.75) is 32.4 Å². The van der Waals surface area contributed by atoms with Crippen molar-refractivity contribution in [2.24, 2.45) is 5.92 Å². The van der Waals surface area contributed by atoms with E-state index in [9.17, 15) is 42.6 Å². The van der Waals surface area contributed by atoms with Crippen LogP contribution in [0.4, 0.5) is 18.9 Å². The highest BCUT2D eigenvalue weighted by Crippen LogP contribution is 2.47. The Morgan fingerprint density at radius 2 is 1.66 bits per heavy atom. The zero-order valence-corrected chi connectivity index (χ0v) is 18.5. The number of hydrogen-bond donors (Lipinski definition) is 4. The lowest BCUT2D eigenvalue weighted by Crippen LogP contribution is -2.39. The van der Waals surface area contributed by atoms with Gasteiger partial charge in [-0.2, -0.15) is 13.2 Å². The highest BCUT2D eigenvalue weighted by Gasteiger charge is 2.41. The first-order valence-electron chi connectivity index (χ1n) is 10.8. The van der Waals surface area contributed by atoms with Gasteiger partial charge in [-0.3, -0.25) is 19.2 Å². The minimum Gasteiger partial charge on any atom is -0.507 e. The Morgan fingerprint density at radius 3 is 2.31 bits per heavy atom. The fraction of sp³-hybridized carbons (Fsp3) is 0.333. The number of amides is 1. The molecule has 0 bridgehead atoms. The second-order valence-corrected chi connectivity index (χ2v) is 8.52. The predicted octanol–water partition coefficient (Wildman–Crippen LogP) is 2.66. The van der Waals surface area contributed by atoms with Gasteiger partial charge >= 0.3 is 12.1 Å². The number of anilines is 1. The summed E-state index contributed by atoms with van der Waals surface area (Å²) in [6.45, 7) is 0.844. The van der Waals surface area contributed by atoms with Crippen molar-refractivity contribution in [3.8, 4) is 11.5 Å². The molecule has 35 heavy (non-hydrogen) atoms. The first-order chi connectivity index (χ1) is 16.4. The average molecular weight is 490 g/mol. The standard InChI is InChI=1S/C24H21F3N2O6/c1-10(30)11-5-6-12-14(9-11)21(33)17-18(19(12)31)22(34)16-13(20(17)32)3-2-4-15(16)28-7-8-29-23(35)24(25,26)27/h2-4,11,28,31,33H,5-9H2,1H3,(H,29,35). The molecule has 0 saturated carbocycles. The number of phenols is 2.